The quantitative estimate of drug-likeness (QED) is 0.228. The highest BCUT2D eigenvalue weighted by atomic mass is 35.5. The van der Waals surface area contributed by atoms with Crippen LogP contribution in [-0.2, 0) is 17.7 Å². The van der Waals surface area contributed by atoms with Gasteiger partial charge >= 0.3 is 0 Å². The maximum absolute atomic E-state index is 6.70. The minimum absolute atomic E-state index is 0.341. The number of likely N-dealkylation sites (tertiary alicyclic amines) is 1. The first-order chi connectivity index (χ1) is 21.6. The summed E-state index contributed by atoms with van der Waals surface area (Å²) in [5, 5.41) is 4.36. The second-order valence-electron chi connectivity index (χ2n) is 12.1. The van der Waals surface area contributed by atoms with Gasteiger partial charge in [-0.1, -0.05) is 23.7 Å². The second-order valence-corrected chi connectivity index (χ2v) is 12.5. The predicted octanol–water partition coefficient (Wildman–Crippen LogP) is 5.45. The van der Waals surface area contributed by atoms with Crippen LogP contribution in [0.15, 0.2) is 48.7 Å². The molecule has 0 radical (unpaired) electrons. The Morgan fingerprint density at radius 1 is 1.02 bits per heavy atom. The molecule has 2 N–H and O–H groups in total. The molecule has 3 aliphatic heterocycles. The van der Waals surface area contributed by atoms with Gasteiger partial charge in [0.05, 0.1) is 30.1 Å². The van der Waals surface area contributed by atoms with Crippen molar-refractivity contribution in [2.75, 3.05) is 75.9 Å². The molecule has 2 aromatic carbocycles. The van der Waals surface area contributed by atoms with E-state index in [0.717, 1.165) is 120 Å². The highest BCUT2D eigenvalue weighted by Gasteiger charge is 2.23. The first-order valence-corrected chi connectivity index (χ1v) is 16.4. The molecule has 44 heavy (non-hydrogen) atoms. The number of hydrogen-bond donors (Lipinski definition) is 2. The smallest absolute Gasteiger partial charge is 0.180 e. The van der Waals surface area contributed by atoms with Crippen molar-refractivity contribution in [3.05, 3.63) is 64.8 Å². The van der Waals surface area contributed by atoms with E-state index in [-0.39, 0.29) is 0 Å². The number of nitrogens with zero attached hydrogens (tertiary/aromatic N) is 5. The number of aromatic amines is 1. The van der Waals surface area contributed by atoms with E-state index in [2.05, 4.69) is 72.4 Å². The Bertz CT molecular complexity index is 1560. The van der Waals surface area contributed by atoms with E-state index in [9.17, 15) is 0 Å². The highest BCUT2D eigenvalue weighted by Crippen LogP contribution is 2.33. The Morgan fingerprint density at radius 3 is 2.64 bits per heavy atom. The fourth-order valence-corrected chi connectivity index (χ4v) is 6.84. The molecule has 2 aromatic heterocycles. The molecule has 0 unspecified atom stereocenters. The van der Waals surface area contributed by atoms with Crippen molar-refractivity contribution in [3.63, 3.8) is 0 Å². The number of benzene rings is 2. The van der Waals surface area contributed by atoms with Gasteiger partial charge in [-0.15, -0.1) is 0 Å². The number of rotatable bonds is 10. The van der Waals surface area contributed by atoms with E-state index in [4.69, 9.17) is 26.1 Å². The molecule has 0 aliphatic carbocycles. The summed E-state index contributed by atoms with van der Waals surface area (Å²) in [5.41, 5.74) is 7.43. The van der Waals surface area contributed by atoms with E-state index in [1.807, 2.05) is 6.92 Å². The zero-order valence-electron chi connectivity index (χ0n) is 25.5. The average molecular weight is 616 g/mol. The van der Waals surface area contributed by atoms with Crippen LogP contribution in [0.1, 0.15) is 30.9 Å². The van der Waals surface area contributed by atoms with Gasteiger partial charge in [0.25, 0.3) is 0 Å². The Labute approximate surface area is 264 Å². The lowest BCUT2D eigenvalue weighted by atomic mass is 10.0. The van der Waals surface area contributed by atoms with Crippen molar-refractivity contribution in [1.82, 2.24) is 24.8 Å². The number of aromatic nitrogens is 3. The first kappa shape index (κ1) is 29.3. The van der Waals surface area contributed by atoms with Gasteiger partial charge in [-0.2, -0.15) is 0 Å². The second kappa shape index (κ2) is 13.3. The highest BCUT2D eigenvalue weighted by molar-refractivity contribution is 6.34. The van der Waals surface area contributed by atoms with Crippen LogP contribution >= 0.6 is 11.6 Å². The lowest BCUT2D eigenvalue weighted by Gasteiger charge is -2.36. The monoisotopic (exact) mass is 615 g/mol. The molecule has 5 heterocycles. The molecular weight excluding hydrogens is 574 g/mol. The number of piperidine rings is 1. The Balaban J connectivity index is 0.969. The van der Waals surface area contributed by atoms with Crippen LogP contribution in [0.4, 0.5) is 11.4 Å². The van der Waals surface area contributed by atoms with E-state index in [1.165, 1.54) is 16.8 Å². The summed E-state index contributed by atoms with van der Waals surface area (Å²) in [6.07, 6.45) is 4.83. The Morgan fingerprint density at radius 2 is 1.84 bits per heavy atom. The largest absolute Gasteiger partial charge is 0.493 e. The average Bonchev–Trinajstić information content (AvgIpc) is 3.71. The summed E-state index contributed by atoms with van der Waals surface area (Å²) >= 11 is 6.70. The number of anilines is 2. The number of hydrogen-bond acceptors (Lipinski definition) is 8. The molecule has 10 heteroatoms. The molecular formula is C34H42ClN7O2. The van der Waals surface area contributed by atoms with E-state index in [0.29, 0.717) is 16.7 Å². The summed E-state index contributed by atoms with van der Waals surface area (Å²) in [5.74, 6) is 1.86. The van der Waals surface area contributed by atoms with Crippen molar-refractivity contribution in [3.8, 4) is 17.1 Å². The summed E-state index contributed by atoms with van der Waals surface area (Å²) < 4.78 is 11.2. The third kappa shape index (κ3) is 6.52. The molecule has 2 saturated heterocycles. The van der Waals surface area contributed by atoms with Gasteiger partial charge in [-0.05, 0) is 61.2 Å². The van der Waals surface area contributed by atoms with Gasteiger partial charge < -0.3 is 24.7 Å². The zero-order valence-corrected chi connectivity index (χ0v) is 26.3. The molecule has 7 rings (SSSR count). The number of halogens is 1. The van der Waals surface area contributed by atoms with Crippen LogP contribution in [0.5, 0.6) is 5.75 Å². The number of pyridine rings is 1. The molecule has 0 spiro atoms. The van der Waals surface area contributed by atoms with Crippen molar-refractivity contribution in [2.24, 2.45) is 0 Å². The fourth-order valence-electron chi connectivity index (χ4n) is 6.65. The third-order valence-electron chi connectivity index (χ3n) is 9.20. The number of piperazine rings is 1. The van der Waals surface area contributed by atoms with E-state index in [1.54, 1.807) is 6.20 Å². The molecule has 0 amide bonds. The minimum atomic E-state index is 0.341. The fraction of sp³-hybridized carbons (Fsp3) is 0.471. The third-order valence-corrected chi connectivity index (χ3v) is 9.49. The maximum Gasteiger partial charge on any atom is 0.180 e. The van der Waals surface area contributed by atoms with Crippen LogP contribution in [-0.4, -0.2) is 96.4 Å². The van der Waals surface area contributed by atoms with Crippen LogP contribution in [0.3, 0.4) is 0 Å². The molecule has 0 atom stereocenters. The topological polar surface area (TPSA) is 81.8 Å². The number of imidazole rings is 1. The van der Waals surface area contributed by atoms with Crippen molar-refractivity contribution >= 4 is 34.1 Å². The van der Waals surface area contributed by atoms with Gasteiger partial charge in [-0.3, -0.25) is 9.80 Å². The van der Waals surface area contributed by atoms with Gasteiger partial charge in [-0.25, -0.2) is 9.97 Å². The molecule has 9 nitrogen and oxygen atoms in total. The van der Waals surface area contributed by atoms with Gasteiger partial charge in [0.1, 0.15) is 17.1 Å². The Hall–Kier alpha value is -3.37. The number of H-pyrrole nitrogens is 1. The van der Waals surface area contributed by atoms with E-state index < -0.39 is 0 Å². The SMILES string of the molecule is CCOCCN1CCN(c2ccc(-c3nc4ncc(Cl)c(NC5CCN(Cc6ccc7c(c6)CCO7)CC5)c4[nH]3)cc2)CC1. The molecule has 232 valence electrons. The van der Waals surface area contributed by atoms with Crippen LogP contribution in [0.2, 0.25) is 5.02 Å². The Kier molecular flexibility index (Phi) is 8.88. The normalized spacial score (nSPS) is 18.1. The molecule has 2 fully saturated rings. The van der Waals surface area contributed by atoms with Crippen molar-refractivity contribution in [2.45, 2.75) is 38.8 Å². The molecule has 0 saturated carbocycles. The van der Waals surface area contributed by atoms with E-state index >= 15 is 0 Å². The predicted molar refractivity (Wildman–Crippen MR) is 177 cm³/mol. The van der Waals surface area contributed by atoms with Crippen LogP contribution in [0, 0.1) is 0 Å². The number of nitrogens with one attached hydrogen (secondary N) is 2. The van der Waals surface area contributed by atoms with Crippen molar-refractivity contribution < 1.29 is 9.47 Å². The summed E-state index contributed by atoms with van der Waals surface area (Å²) in [6.45, 7) is 12.7. The lowest BCUT2D eigenvalue weighted by Crippen LogP contribution is -2.47. The molecule has 4 aromatic rings. The maximum atomic E-state index is 6.70. The lowest BCUT2D eigenvalue weighted by molar-refractivity contribution is 0.111. The van der Waals surface area contributed by atoms with Gasteiger partial charge in [0, 0.05) is 82.7 Å². The first-order valence-electron chi connectivity index (χ1n) is 16.1. The van der Waals surface area contributed by atoms with Gasteiger partial charge in [0.2, 0.25) is 0 Å². The molecule has 3 aliphatic rings. The number of ether oxygens (including phenoxy) is 2. The summed E-state index contributed by atoms with van der Waals surface area (Å²) in [7, 11) is 0. The standard InChI is InChI=1S/C34H42ClN7O2/c1-2-43-20-18-40-14-16-42(17-15-40)28-6-4-25(5-7-28)33-38-32-31(29(35)22-36-34(32)39-33)37-27-9-12-41(13-10-27)23-24-3-8-30-26(21-24)11-19-44-30/h3-8,21-22,27H,2,9-20,23H2,1H3,(H2,36,37,38,39). The molecule has 0 bridgehead atoms. The van der Waals surface area contributed by atoms with Crippen LogP contribution in [0.25, 0.3) is 22.6 Å². The number of fused-ring (bicyclic) bond motifs is 2. The van der Waals surface area contributed by atoms with Crippen molar-refractivity contribution in [1.29, 1.82) is 0 Å². The van der Waals surface area contributed by atoms with Crippen LogP contribution < -0.4 is 15.0 Å². The summed E-state index contributed by atoms with van der Waals surface area (Å²) in [4.78, 5) is 20.4. The minimum Gasteiger partial charge on any atom is -0.493 e. The zero-order chi connectivity index (χ0) is 29.9. The van der Waals surface area contributed by atoms with Gasteiger partial charge in [0.15, 0.2) is 5.65 Å². The summed E-state index contributed by atoms with van der Waals surface area (Å²) in [6, 6.07) is 15.7.